The van der Waals surface area contributed by atoms with Gasteiger partial charge in [-0.3, -0.25) is 14.6 Å². The van der Waals surface area contributed by atoms with Crippen molar-refractivity contribution in [2.75, 3.05) is 13.2 Å². The molecule has 178 valence electrons. The van der Waals surface area contributed by atoms with E-state index in [0.29, 0.717) is 0 Å². The van der Waals surface area contributed by atoms with Crippen molar-refractivity contribution in [1.29, 1.82) is 0 Å². The van der Waals surface area contributed by atoms with Crippen LogP contribution in [0.1, 0.15) is 42.4 Å². The summed E-state index contributed by atoms with van der Waals surface area (Å²) in [5.41, 5.74) is 0.422. The van der Waals surface area contributed by atoms with E-state index >= 15 is 0 Å². The van der Waals surface area contributed by atoms with Gasteiger partial charge in [0.2, 0.25) is 0 Å². The van der Waals surface area contributed by atoms with Crippen molar-refractivity contribution in [1.82, 2.24) is 4.98 Å². The fraction of sp³-hybridized carbons (Fsp3) is 0.391. The lowest BCUT2D eigenvalue weighted by Crippen LogP contribution is -2.29. The minimum absolute atomic E-state index is 0.0122. The molecule has 1 unspecified atom stereocenters. The van der Waals surface area contributed by atoms with E-state index in [1.54, 1.807) is 13.0 Å². The number of hydrogen-bond donors (Lipinski definition) is 1. The van der Waals surface area contributed by atoms with Gasteiger partial charge in [0.1, 0.15) is 11.0 Å². The number of halogens is 4. The number of ketones is 1. The number of ether oxygens (including phenoxy) is 1. The highest BCUT2D eigenvalue weighted by atomic mass is 35.5. The Morgan fingerprint density at radius 1 is 1.27 bits per heavy atom. The monoisotopic (exact) mass is 516 g/mol. The number of carbonyl (C=O) groups excluding carboxylic acids is 2. The number of nitrogens with zero attached hydrogens (tertiary/aromatic N) is 2. The van der Waals surface area contributed by atoms with Gasteiger partial charge in [-0.25, -0.2) is 9.37 Å². The zero-order valence-corrected chi connectivity index (χ0v) is 20.6. The topological polar surface area (TPSA) is 88.9 Å². The Morgan fingerprint density at radius 2 is 1.97 bits per heavy atom. The Balaban J connectivity index is 2.47. The van der Waals surface area contributed by atoms with Crippen LogP contribution in [0.25, 0.3) is 0 Å². The molecule has 2 rings (SSSR count). The van der Waals surface area contributed by atoms with Crippen LogP contribution in [0.3, 0.4) is 0 Å². The average Bonchev–Trinajstić information content (AvgIpc) is 2.76. The van der Waals surface area contributed by atoms with Gasteiger partial charge in [-0.15, -0.1) is 0 Å². The first kappa shape index (κ1) is 27.2. The second-order valence-corrected chi connectivity index (χ2v) is 8.68. The molecule has 1 heterocycles. The minimum Gasteiger partial charge on any atom is -0.465 e. The minimum atomic E-state index is -1.41. The van der Waals surface area contributed by atoms with Gasteiger partial charge < -0.3 is 9.84 Å². The molecule has 33 heavy (non-hydrogen) atoms. The molecule has 1 N–H and O–H groups in total. The summed E-state index contributed by atoms with van der Waals surface area (Å²) in [5.74, 6) is -3.58. The number of aliphatic hydroxyl groups excluding tert-OH is 1. The fourth-order valence-corrected chi connectivity index (χ4v) is 3.55. The van der Waals surface area contributed by atoms with Gasteiger partial charge in [0.05, 0.1) is 29.3 Å². The number of esters is 1. The highest BCUT2D eigenvalue weighted by molar-refractivity contribution is 6.43. The number of aromatic nitrogens is 1. The van der Waals surface area contributed by atoms with E-state index in [2.05, 4.69) is 9.98 Å². The third kappa shape index (κ3) is 6.96. The average molecular weight is 518 g/mol. The number of pyridine rings is 1. The maximum absolute atomic E-state index is 14.3. The molecule has 2 aromatic rings. The van der Waals surface area contributed by atoms with Crippen molar-refractivity contribution in [2.45, 2.75) is 33.2 Å². The molecule has 0 radical (unpaired) electrons. The van der Waals surface area contributed by atoms with Gasteiger partial charge in [-0.05, 0) is 30.5 Å². The van der Waals surface area contributed by atoms with Gasteiger partial charge in [-0.1, -0.05) is 60.8 Å². The predicted molar refractivity (Wildman–Crippen MR) is 127 cm³/mol. The summed E-state index contributed by atoms with van der Waals surface area (Å²) in [6.45, 7) is 5.10. The molecular weight excluding hydrogens is 494 g/mol. The standard InChI is InChI=1S/C23H24Cl3FN2O4/c1-4-33-23(32)16(10-28-18(11-30)12(2)3)21(31)15-9-14(29-22(26)19(15)25)8-13-6-5-7-17(24)20(13)27/h5-7,9-10,12,16,18,30H,4,8,11H2,1-3H3/t16?,18-/m1/s1. The Bertz CT molecular complexity index is 1050. The molecule has 0 aliphatic carbocycles. The van der Waals surface area contributed by atoms with E-state index in [1.807, 2.05) is 13.8 Å². The van der Waals surface area contributed by atoms with Crippen LogP contribution in [0.4, 0.5) is 4.39 Å². The van der Waals surface area contributed by atoms with Gasteiger partial charge in [-0.2, -0.15) is 0 Å². The van der Waals surface area contributed by atoms with Crippen LogP contribution in [0.5, 0.6) is 0 Å². The second kappa shape index (κ2) is 12.4. The second-order valence-electron chi connectivity index (χ2n) is 7.54. The highest BCUT2D eigenvalue weighted by Crippen LogP contribution is 2.29. The first-order valence-corrected chi connectivity index (χ1v) is 11.4. The van der Waals surface area contributed by atoms with Crippen molar-refractivity contribution < 1.29 is 23.8 Å². The van der Waals surface area contributed by atoms with Crippen molar-refractivity contribution >= 4 is 52.8 Å². The van der Waals surface area contributed by atoms with Crippen LogP contribution in [0, 0.1) is 17.7 Å². The number of aliphatic hydroxyl groups is 1. The third-order valence-corrected chi connectivity index (χ3v) is 5.89. The van der Waals surface area contributed by atoms with E-state index in [9.17, 15) is 19.1 Å². The molecular formula is C23H24Cl3FN2O4. The summed E-state index contributed by atoms with van der Waals surface area (Å²) in [6.07, 6.45) is 1.14. The number of hydrogen-bond acceptors (Lipinski definition) is 6. The lowest BCUT2D eigenvalue weighted by atomic mass is 9.97. The maximum Gasteiger partial charge on any atom is 0.322 e. The SMILES string of the molecule is CCOC(=O)C(C=N[C@H](CO)C(C)C)C(=O)c1cc(Cc2cccc(Cl)c2F)nc(Cl)c1Cl. The first-order valence-electron chi connectivity index (χ1n) is 10.2. The van der Waals surface area contributed by atoms with E-state index in [-0.39, 0.29) is 57.6 Å². The van der Waals surface area contributed by atoms with Gasteiger partial charge >= 0.3 is 5.97 Å². The Morgan fingerprint density at radius 3 is 2.58 bits per heavy atom. The molecule has 0 saturated heterocycles. The molecule has 0 aliphatic rings. The zero-order valence-electron chi connectivity index (χ0n) is 18.3. The quantitative estimate of drug-likeness (QED) is 0.153. The molecule has 0 fully saturated rings. The number of aliphatic imine (C=N–C) groups is 1. The van der Waals surface area contributed by atoms with Crippen molar-refractivity contribution in [3.8, 4) is 0 Å². The molecule has 0 saturated carbocycles. The number of carbonyl (C=O) groups is 2. The fourth-order valence-electron chi connectivity index (χ4n) is 2.96. The molecule has 10 heteroatoms. The lowest BCUT2D eigenvalue weighted by molar-refractivity contribution is -0.144. The van der Waals surface area contributed by atoms with Crippen LogP contribution >= 0.6 is 34.8 Å². The summed E-state index contributed by atoms with van der Waals surface area (Å²) in [4.78, 5) is 34.2. The summed E-state index contributed by atoms with van der Waals surface area (Å²) >= 11 is 18.2. The van der Waals surface area contributed by atoms with Gasteiger partial charge in [0, 0.05) is 23.9 Å². The number of benzene rings is 1. The van der Waals surface area contributed by atoms with Gasteiger partial charge in [0.25, 0.3) is 0 Å². The molecule has 1 aromatic heterocycles. The molecule has 0 aliphatic heterocycles. The number of Topliss-reactive ketones (excluding diaryl/α,β-unsaturated/α-hetero) is 1. The van der Waals surface area contributed by atoms with Gasteiger partial charge in [0.15, 0.2) is 11.7 Å². The van der Waals surface area contributed by atoms with Crippen LogP contribution < -0.4 is 0 Å². The normalized spacial score (nSPS) is 13.4. The Labute approximate surface area is 206 Å². The molecule has 1 aromatic carbocycles. The first-order chi connectivity index (χ1) is 15.6. The van der Waals surface area contributed by atoms with Crippen LogP contribution in [0.15, 0.2) is 29.3 Å². The molecule has 6 nitrogen and oxygen atoms in total. The lowest BCUT2D eigenvalue weighted by Gasteiger charge is -2.16. The van der Waals surface area contributed by atoms with Crippen LogP contribution in [0.2, 0.25) is 15.2 Å². The third-order valence-electron chi connectivity index (χ3n) is 4.85. The molecule has 0 amide bonds. The smallest absolute Gasteiger partial charge is 0.322 e. The number of rotatable bonds is 10. The van der Waals surface area contributed by atoms with E-state index in [1.165, 1.54) is 18.2 Å². The molecule has 2 atom stereocenters. The summed E-state index contributed by atoms with van der Waals surface area (Å²) in [5, 5.41) is 9.13. The summed E-state index contributed by atoms with van der Waals surface area (Å²) in [7, 11) is 0. The molecule has 0 spiro atoms. The van der Waals surface area contributed by atoms with Crippen molar-refractivity contribution in [3.63, 3.8) is 0 Å². The summed E-state index contributed by atoms with van der Waals surface area (Å²) < 4.78 is 19.4. The molecule has 0 bridgehead atoms. The Hall–Kier alpha value is -2.06. The Kier molecular flexibility index (Phi) is 10.2. The van der Waals surface area contributed by atoms with Crippen molar-refractivity contribution in [3.05, 3.63) is 62.1 Å². The predicted octanol–water partition coefficient (Wildman–Crippen LogP) is 5.22. The highest BCUT2D eigenvalue weighted by Gasteiger charge is 2.31. The zero-order chi connectivity index (χ0) is 24.7. The van der Waals surface area contributed by atoms with Crippen LogP contribution in [-0.4, -0.2) is 47.3 Å². The largest absolute Gasteiger partial charge is 0.465 e. The van der Waals surface area contributed by atoms with E-state index in [4.69, 9.17) is 39.5 Å². The van der Waals surface area contributed by atoms with E-state index < -0.39 is 29.5 Å². The summed E-state index contributed by atoms with van der Waals surface area (Å²) in [6, 6.07) is 5.37. The van der Waals surface area contributed by atoms with Crippen molar-refractivity contribution in [2.24, 2.45) is 16.8 Å². The maximum atomic E-state index is 14.3. The van der Waals surface area contributed by atoms with E-state index in [0.717, 1.165) is 6.21 Å². The van der Waals surface area contributed by atoms with Crippen LogP contribution in [-0.2, 0) is 16.0 Å².